The van der Waals surface area contributed by atoms with E-state index in [1.165, 1.54) is 0 Å². The highest BCUT2D eigenvalue weighted by Gasteiger charge is 2.14. The van der Waals surface area contributed by atoms with Crippen LogP contribution >= 0.6 is 23.4 Å². The molecule has 1 amide bonds. The van der Waals surface area contributed by atoms with Crippen molar-refractivity contribution in [1.29, 1.82) is 0 Å². The second kappa shape index (κ2) is 6.17. The highest BCUT2D eigenvalue weighted by Crippen LogP contribution is 2.27. The molecule has 0 aromatic heterocycles. The van der Waals surface area contributed by atoms with Gasteiger partial charge in [0.15, 0.2) is 0 Å². The first kappa shape index (κ1) is 14.2. The highest BCUT2D eigenvalue weighted by molar-refractivity contribution is 7.98. The Kier molecular flexibility index (Phi) is 5.15. The number of thioether (sulfide) groups is 1. The number of halogens is 1. The van der Waals surface area contributed by atoms with Gasteiger partial charge in [-0.15, -0.1) is 0 Å². The largest absolute Gasteiger partial charge is 0.398 e. The summed E-state index contributed by atoms with van der Waals surface area (Å²) >= 11 is 7.58. The van der Waals surface area contributed by atoms with Crippen molar-refractivity contribution in [3.05, 3.63) is 22.7 Å². The van der Waals surface area contributed by atoms with E-state index in [4.69, 9.17) is 17.3 Å². The van der Waals surface area contributed by atoms with Crippen LogP contribution in [0, 0.1) is 12.8 Å². The van der Waals surface area contributed by atoms with Crippen molar-refractivity contribution in [3.8, 4) is 0 Å². The van der Waals surface area contributed by atoms with Crippen LogP contribution in [0.15, 0.2) is 12.1 Å². The lowest BCUT2D eigenvalue weighted by Crippen LogP contribution is -2.22. The van der Waals surface area contributed by atoms with E-state index >= 15 is 0 Å². The van der Waals surface area contributed by atoms with E-state index in [0.717, 1.165) is 17.0 Å². The van der Waals surface area contributed by atoms with E-state index in [-0.39, 0.29) is 11.8 Å². The molecule has 0 saturated carbocycles. The molecule has 5 heteroatoms. The maximum absolute atomic E-state index is 11.9. The summed E-state index contributed by atoms with van der Waals surface area (Å²) in [5.41, 5.74) is 7.84. The number of aryl methyl sites for hydroxylation is 1. The maximum atomic E-state index is 11.9. The van der Waals surface area contributed by atoms with Gasteiger partial charge in [0.05, 0.1) is 10.7 Å². The topological polar surface area (TPSA) is 55.1 Å². The first-order chi connectivity index (χ1) is 7.95. The van der Waals surface area contributed by atoms with Gasteiger partial charge >= 0.3 is 0 Å². The number of benzene rings is 1. The van der Waals surface area contributed by atoms with Crippen LogP contribution in [-0.4, -0.2) is 17.9 Å². The van der Waals surface area contributed by atoms with Crippen LogP contribution in [-0.2, 0) is 4.79 Å². The Bertz CT molecular complexity index is 423. The van der Waals surface area contributed by atoms with Gasteiger partial charge in [0, 0.05) is 17.4 Å². The first-order valence-corrected chi connectivity index (χ1v) is 7.08. The molecule has 0 spiro atoms. The minimum Gasteiger partial charge on any atom is -0.398 e. The molecular weight excluding hydrogens is 256 g/mol. The van der Waals surface area contributed by atoms with Gasteiger partial charge in [0.25, 0.3) is 0 Å². The quantitative estimate of drug-likeness (QED) is 0.828. The molecule has 0 bridgehead atoms. The third-order valence-electron chi connectivity index (χ3n) is 2.47. The third kappa shape index (κ3) is 3.82. The van der Waals surface area contributed by atoms with Crippen molar-refractivity contribution in [1.82, 2.24) is 0 Å². The Labute approximate surface area is 111 Å². The van der Waals surface area contributed by atoms with Crippen LogP contribution in [0.4, 0.5) is 11.4 Å². The molecule has 3 nitrogen and oxygen atoms in total. The summed E-state index contributed by atoms with van der Waals surface area (Å²) in [6.07, 6.45) is 1.98. The molecule has 0 saturated heterocycles. The fraction of sp³-hybridized carbons (Fsp3) is 0.417. The van der Waals surface area contributed by atoms with Gasteiger partial charge in [-0.05, 0) is 30.9 Å². The number of amides is 1. The number of rotatable bonds is 4. The Balaban J connectivity index is 2.81. The number of anilines is 2. The lowest BCUT2D eigenvalue weighted by atomic mass is 10.1. The molecule has 94 valence electrons. The summed E-state index contributed by atoms with van der Waals surface area (Å²) in [4.78, 5) is 11.9. The molecule has 0 aliphatic rings. The van der Waals surface area contributed by atoms with E-state index in [2.05, 4.69) is 5.32 Å². The minimum absolute atomic E-state index is 0.00304. The van der Waals surface area contributed by atoms with Gasteiger partial charge in [-0.2, -0.15) is 11.8 Å². The maximum Gasteiger partial charge on any atom is 0.228 e. The molecule has 0 aliphatic carbocycles. The summed E-state index contributed by atoms with van der Waals surface area (Å²) in [5.74, 6) is 0.775. The van der Waals surface area contributed by atoms with Crippen molar-refractivity contribution in [2.24, 2.45) is 5.92 Å². The lowest BCUT2D eigenvalue weighted by molar-refractivity contribution is -0.118. The number of hydrogen-bond donors (Lipinski definition) is 2. The normalized spacial score (nSPS) is 12.2. The van der Waals surface area contributed by atoms with Crippen LogP contribution in [0.25, 0.3) is 0 Å². The number of nitrogen functional groups attached to an aromatic ring is 1. The summed E-state index contributed by atoms with van der Waals surface area (Å²) in [6.45, 7) is 3.79. The van der Waals surface area contributed by atoms with Crippen LogP contribution in [0.5, 0.6) is 0 Å². The van der Waals surface area contributed by atoms with Gasteiger partial charge in [-0.25, -0.2) is 0 Å². The number of carbonyl (C=O) groups excluding carboxylic acids is 1. The molecule has 1 aromatic carbocycles. The number of carbonyl (C=O) groups is 1. The predicted octanol–water partition coefficient (Wildman–Crippen LogP) is 3.17. The minimum atomic E-state index is -0.0271. The zero-order valence-corrected chi connectivity index (χ0v) is 11.8. The number of nitrogens with one attached hydrogen (secondary N) is 1. The van der Waals surface area contributed by atoms with Gasteiger partial charge in [-0.1, -0.05) is 18.5 Å². The molecule has 0 heterocycles. The summed E-state index contributed by atoms with van der Waals surface area (Å²) < 4.78 is 0. The lowest BCUT2D eigenvalue weighted by Gasteiger charge is -2.13. The molecule has 0 radical (unpaired) electrons. The van der Waals surface area contributed by atoms with Crippen molar-refractivity contribution < 1.29 is 4.79 Å². The summed E-state index contributed by atoms with van der Waals surface area (Å²) in [6, 6.07) is 3.45. The Morgan fingerprint density at radius 2 is 2.24 bits per heavy atom. The van der Waals surface area contributed by atoms with Crippen LogP contribution in [0.1, 0.15) is 12.5 Å². The van der Waals surface area contributed by atoms with Crippen molar-refractivity contribution in [3.63, 3.8) is 0 Å². The van der Waals surface area contributed by atoms with Crippen molar-refractivity contribution >= 4 is 40.6 Å². The van der Waals surface area contributed by atoms with Gasteiger partial charge in [0.1, 0.15) is 0 Å². The van der Waals surface area contributed by atoms with Gasteiger partial charge in [-0.3, -0.25) is 4.79 Å². The molecule has 1 rings (SSSR count). The van der Waals surface area contributed by atoms with Crippen molar-refractivity contribution in [2.75, 3.05) is 23.1 Å². The average molecular weight is 273 g/mol. The zero-order chi connectivity index (χ0) is 13.0. The zero-order valence-electron chi connectivity index (χ0n) is 10.2. The fourth-order valence-electron chi connectivity index (χ4n) is 1.42. The van der Waals surface area contributed by atoms with E-state index < -0.39 is 0 Å². The molecule has 1 atom stereocenters. The average Bonchev–Trinajstić information content (AvgIpc) is 2.26. The second-order valence-corrected chi connectivity index (χ2v) is 5.35. The second-order valence-electron chi connectivity index (χ2n) is 4.03. The molecule has 1 unspecified atom stereocenters. The number of hydrogen-bond acceptors (Lipinski definition) is 3. The monoisotopic (exact) mass is 272 g/mol. The van der Waals surface area contributed by atoms with Crippen LogP contribution in [0.2, 0.25) is 5.02 Å². The number of nitrogens with two attached hydrogens (primary N) is 1. The van der Waals surface area contributed by atoms with Crippen molar-refractivity contribution in [2.45, 2.75) is 13.8 Å². The Hall–Kier alpha value is -0.870. The summed E-state index contributed by atoms with van der Waals surface area (Å²) in [5, 5.41) is 3.33. The molecular formula is C12H17ClN2OS. The smallest absolute Gasteiger partial charge is 0.228 e. The first-order valence-electron chi connectivity index (χ1n) is 5.31. The van der Waals surface area contributed by atoms with E-state index in [9.17, 15) is 4.79 Å². The molecule has 1 aromatic rings. The van der Waals surface area contributed by atoms with Gasteiger partial charge in [0.2, 0.25) is 5.91 Å². The molecule has 3 N–H and O–H groups in total. The summed E-state index contributed by atoms with van der Waals surface area (Å²) in [7, 11) is 0. The Morgan fingerprint density at radius 3 is 2.82 bits per heavy atom. The van der Waals surface area contributed by atoms with E-state index in [1.807, 2.05) is 20.1 Å². The highest BCUT2D eigenvalue weighted by atomic mass is 35.5. The predicted molar refractivity (Wildman–Crippen MR) is 76.8 cm³/mol. The third-order valence-corrected chi connectivity index (χ3v) is 3.63. The van der Waals surface area contributed by atoms with Crippen LogP contribution < -0.4 is 11.1 Å². The van der Waals surface area contributed by atoms with Gasteiger partial charge < -0.3 is 11.1 Å². The Morgan fingerprint density at radius 1 is 1.59 bits per heavy atom. The fourth-order valence-corrected chi connectivity index (χ4v) is 2.24. The molecule has 17 heavy (non-hydrogen) atoms. The van der Waals surface area contributed by atoms with E-state index in [1.54, 1.807) is 23.9 Å². The van der Waals surface area contributed by atoms with Crippen LogP contribution in [0.3, 0.4) is 0 Å². The standard InChI is InChI=1S/C12H17ClN2OS/c1-7-4-10(14)9(13)5-11(7)15-12(16)8(2)6-17-3/h4-5,8H,6,14H2,1-3H3,(H,15,16). The molecule has 0 fully saturated rings. The molecule has 0 aliphatic heterocycles. The SMILES string of the molecule is CSCC(C)C(=O)Nc1cc(Cl)c(N)cc1C. The van der Waals surface area contributed by atoms with E-state index in [0.29, 0.717) is 10.7 Å².